The Labute approximate surface area is 102 Å². The van der Waals surface area contributed by atoms with Crippen LogP contribution in [0, 0.1) is 0 Å². The van der Waals surface area contributed by atoms with E-state index in [1.54, 1.807) is 11.3 Å². The van der Waals surface area contributed by atoms with Crippen molar-refractivity contribution >= 4 is 33.2 Å². The number of carbonyl (C=O) groups excluding carboxylic acids is 1. The van der Waals surface area contributed by atoms with Crippen molar-refractivity contribution in [3.63, 3.8) is 0 Å². The van der Waals surface area contributed by atoms with Gasteiger partial charge in [0.25, 0.3) is 0 Å². The summed E-state index contributed by atoms with van der Waals surface area (Å²) in [5, 5.41) is 3.11. The molecule has 0 aliphatic rings. The van der Waals surface area contributed by atoms with E-state index in [-0.39, 0.29) is 12.0 Å². The van der Waals surface area contributed by atoms with Crippen molar-refractivity contribution in [1.29, 1.82) is 0 Å². The van der Waals surface area contributed by atoms with Crippen molar-refractivity contribution in [1.82, 2.24) is 5.32 Å². The molecule has 0 fully saturated rings. The lowest BCUT2D eigenvalue weighted by Gasteiger charge is -2.14. The van der Waals surface area contributed by atoms with Gasteiger partial charge in [0.15, 0.2) is 0 Å². The third-order valence-corrected chi connectivity index (χ3v) is 3.50. The molecule has 5 heteroatoms. The average molecular weight is 292 g/mol. The molecule has 0 amide bonds. The summed E-state index contributed by atoms with van der Waals surface area (Å²) in [5.74, 6) is -0.214. The molecule has 0 aliphatic heterocycles. The van der Waals surface area contributed by atoms with Crippen LogP contribution in [0.3, 0.4) is 0 Å². The van der Waals surface area contributed by atoms with Gasteiger partial charge in [0.1, 0.15) is 6.04 Å². The van der Waals surface area contributed by atoms with Crippen LogP contribution in [0.1, 0.15) is 24.8 Å². The third kappa shape index (κ3) is 3.59. The largest absolute Gasteiger partial charge is 0.465 e. The first-order valence-corrected chi connectivity index (χ1v) is 6.45. The minimum atomic E-state index is -0.341. The fraction of sp³-hybridized carbons (Fsp3) is 0.500. The second-order valence-corrected chi connectivity index (χ2v) is 5.38. The van der Waals surface area contributed by atoms with Crippen LogP contribution in [-0.4, -0.2) is 19.1 Å². The summed E-state index contributed by atoms with van der Waals surface area (Å²) in [7, 11) is 0. The maximum absolute atomic E-state index is 11.6. The highest BCUT2D eigenvalue weighted by Crippen LogP contribution is 2.27. The van der Waals surface area contributed by atoms with Crippen LogP contribution in [0.25, 0.3) is 0 Å². The zero-order valence-corrected chi connectivity index (χ0v) is 11.2. The second-order valence-electron chi connectivity index (χ2n) is 2.88. The molecule has 0 aliphatic carbocycles. The first kappa shape index (κ1) is 12.7. The van der Waals surface area contributed by atoms with Crippen molar-refractivity contribution in [2.24, 2.45) is 0 Å². The summed E-state index contributed by atoms with van der Waals surface area (Å²) in [4.78, 5) is 12.6. The first-order valence-electron chi connectivity index (χ1n) is 4.84. The summed E-state index contributed by atoms with van der Waals surface area (Å²) in [6.45, 7) is 4.92. The molecule has 1 rings (SSSR count). The van der Waals surface area contributed by atoms with E-state index >= 15 is 0 Å². The van der Waals surface area contributed by atoms with Crippen molar-refractivity contribution in [3.8, 4) is 0 Å². The number of likely N-dealkylation sites (N-methyl/N-ethyl adjacent to an activating group) is 1. The highest BCUT2D eigenvalue weighted by molar-refractivity contribution is 9.11. The Balaban J connectivity index is 2.77. The highest BCUT2D eigenvalue weighted by atomic mass is 79.9. The Morgan fingerprint density at radius 2 is 2.33 bits per heavy atom. The Morgan fingerprint density at radius 1 is 1.60 bits per heavy atom. The summed E-state index contributed by atoms with van der Waals surface area (Å²) in [5.41, 5.74) is 0. The zero-order chi connectivity index (χ0) is 11.3. The van der Waals surface area contributed by atoms with E-state index in [1.807, 2.05) is 26.0 Å². The predicted octanol–water partition coefficient (Wildman–Crippen LogP) is 2.72. The zero-order valence-electron chi connectivity index (χ0n) is 8.75. The molecule has 0 bridgehead atoms. The van der Waals surface area contributed by atoms with E-state index in [9.17, 15) is 4.79 Å². The number of ether oxygens (including phenoxy) is 1. The summed E-state index contributed by atoms with van der Waals surface area (Å²) in [6, 6.07) is 3.52. The third-order valence-electron chi connectivity index (χ3n) is 1.81. The van der Waals surface area contributed by atoms with Crippen LogP contribution in [0.2, 0.25) is 0 Å². The Kier molecular flexibility index (Phi) is 5.28. The Hall–Kier alpha value is -0.390. The standard InChI is InChI=1S/C10H14BrNO2S/c1-3-12-9(10(13)14-4-2)7-5-6-8(11)15-7/h5-6,9,12H,3-4H2,1-2H3. The van der Waals surface area contributed by atoms with Crippen LogP contribution in [0.5, 0.6) is 0 Å². The fourth-order valence-corrected chi connectivity index (χ4v) is 2.70. The SMILES string of the molecule is CCNC(C(=O)OCC)c1ccc(Br)s1. The van der Waals surface area contributed by atoms with Crippen molar-refractivity contribution in [2.75, 3.05) is 13.2 Å². The van der Waals surface area contributed by atoms with Gasteiger partial charge in [-0.05, 0) is 41.5 Å². The van der Waals surface area contributed by atoms with Crippen molar-refractivity contribution in [2.45, 2.75) is 19.9 Å². The smallest absolute Gasteiger partial charge is 0.328 e. The van der Waals surface area contributed by atoms with Gasteiger partial charge in [-0.1, -0.05) is 6.92 Å². The van der Waals surface area contributed by atoms with E-state index in [0.29, 0.717) is 6.61 Å². The maximum atomic E-state index is 11.6. The minimum Gasteiger partial charge on any atom is -0.465 e. The minimum absolute atomic E-state index is 0.214. The molecule has 1 aromatic rings. The van der Waals surface area contributed by atoms with Gasteiger partial charge in [0.05, 0.1) is 10.4 Å². The first-order chi connectivity index (χ1) is 7.19. The predicted molar refractivity (Wildman–Crippen MR) is 65.1 cm³/mol. The summed E-state index contributed by atoms with van der Waals surface area (Å²) >= 11 is 4.92. The van der Waals surface area contributed by atoms with E-state index in [2.05, 4.69) is 21.2 Å². The molecule has 1 aromatic heterocycles. The average Bonchev–Trinajstić information content (AvgIpc) is 2.61. The Bertz CT molecular complexity index is 327. The van der Waals surface area contributed by atoms with E-state index < -0.39 is 0 Å². The molecule has 84 valence electrons. The van der Waals surface area contributed by atoms with Crippen molar-refractivity contribution < 1.29 is 9.53 Å². The maximum Gasteiger partial charge on any atom is 0.328 e. The van der Waals surface area contributed by atoms with Gasteiger partial charge >= 0.3 is 5.97 Å². The number of carbonyl (C=O) groups is 1. The molecule has 0 saturated carbocycles. The molecule has 15 heavy (non-hydrogen) atoms. The van der Waals surface area contributed by atoms with E-state index in [1.165, 1.54) is 0 Å². The van der Waals surface area contributed by atoms with Gasteiger partial charge in [0, 0.05) is 4.88 Å². The number of nitrogens with one attached hydrogen (secondary N) is 1. The molecule has 0 spiro atoms. The van der Waals surface area contributed by atoms with Gasteiger partial charge in [-0.3, -0.25) is 0 Å². The van der Waals surface area contributed by atoms with Gasteiger partial charge in [0.2, 0.25) is 0 Å². The molecule has 1 N–H and O–H groups in total. The highest BCUT2D eigenvalue weighted by Gasteiger charge is 2.22. The summed E-state index contributed by atoms with van der Waals surface area (Å²) in [6.07, 6.45) is 0. The van der Waals surface area contributed by atoms with Gasteiger partial charge in [-0.25, -0.2) is 4.79 Å². The normalized spacial score (nSPS) is 12.5. The van der Waals surface area contributed by atoms with Crippen LogP contribution >= 0.6 is 27.3 Å². The molecular formula is C10H14BrNO2S. The van der Waals surface area contributed by atoms with Gasteiger partial charge in [-0.15, -0.1) is 11.3 Å². The molecule has 1 unspecified atom stereocenters. The van der Waals surface area contributed by atoms with Crippen LogP contribution in [-0.2, 0) is 9.53 Å². The molecule has 3 nitrogen and oxygen atoms in total. The second kappa shape index (κ2) is 6.25. The number of thiophene rings is 1. The number of hydrogen-bond acceptors (Lipinski definition) is 4. The number of rotatable bonds is 5. The number of halogens is 1. The molecule has 1 atom stereocenters. The molecule has 0 saturated heterocycles. The summed E-state index contributed by atoms with van der Waals surface area (Å²) < 4.78 is 6.03. The van der Waals surface area contributed by atoms with E-state index in [0.717, 1.165) is 15.2 Å². The quantitative estimate of drug-likeness (QED) is 0.848. The molecule has 0 aromatic carbocycles. The molecule has 0 radical (unpaired) electrons. The van der Waals surface area contributed by atoms with Crippen molar-refractivity contribution in [3.05, 3.63) is 20.8 Å². The lowest BCUT2D eigenvalue weighted by Crippen LogP contribution is -2.29. The molecular weight excluding hydrogens is 278 g/mol. The topological polar surface area (TPSA) is 38.3 Å². The van der Waals surface area contributed by atoms with Crippen LogP contribution in [0.15, 0.2) is 15.9 Å². The lowest BCUT2D eigenvalue weighted by atomic mass is 10.2. The molecule has 1 heterocycles. The number of esters is 1. The van der Waals surface area contributed by atoms with E-state index in [4.69, 9.17) is 4.74 Å². The van der Waals surface area contributed by atoms with Crippen LogP contribution < -0.4 is 5.32 Å². The number of hydrogen-bond donors (Lipinski definition) is 1. The lowest BCUT2D eigenvalue weighted by molar-refractivity contribution is -0.145. The fourth-order valence-electron chi connectivity index (χ4n) is 1.21. The van der Waals surface area contributed by atoms with Crippen LogP contribution in [0.4, 0.5) is 0 Å². The van der Waals surface area contributed by atoms with Gasteiger partial charge in [-0.2, -0.15) is 0 Å². The Morgan fingerprint density at radius 3 is 2.80 bits per heavy atom. The monoisotopic (exact) mass is 291 g/mol. The van der Waals surface area contributed by atoms with Gasteiger partial charge < -0.3 is 10.1 Å².